The minimum atomic E-state index is -0.0663. The maximum atomic E-state index is 12.3. The molecule has 0 bridgehead atoms. The van der Waals surface area contributed by atoms with Gasteiger partial charge in [0.25, 0.3) is 0 Å². The summed E-state index contributed by atoms with van der Waals surface area (Å²) in [6.45, 7) is 3.60. The first kappa shape index (κ1) is 14.8. The van der Waals surface area contributed by atoms with E-state index in [1.165, 1.54) is 0 Å². The molecule has 1 aromatic heterocycles. The number of urea groups is 1. The van der Waals surface area contributed by atoms with Gasteiger partial charge in [0.2, 0.25) is 0 Å². The van der Waals surface area contributed by atoms with Gasteiger partial charge in [-0.1, -0.05) is 6.07 Å². The maximum Gasteiger partial charge on any atom is 0.317 e. The lowest BCUT2D eigenvalue weighted by molar-refractivity contribution is 0.138. The van der Waals surface area contributed by atoms with Gasteiger partial charge in [-0.25, -0.2) is 4.79 Å². The number of hydrogen-bond donors (Lipinski definition) is 1. The van der Waals surface area contributed by atoms with E-state index in [-0.39, 0.29) is 12.1 Å². The van der Waals surface area contributed by atoms with Gasteiger partial charge >= 0.3 is 6.03 Å². The number of rotatable bonds is 3. The van der Waals surface area contributed by atoms with E-state index in [4.69, 9.17) is 0 Å². The molecule has 1 fully saturated rings. The molecule has 5 nitrogen and oxygen atoms in total. The largest absolute Gasteiger partial charge is 0.330 e. The second-order valence-electron chi connectivity index (χ2n) is 5.63. The van der Waals surface area contributed by atoms with Crippen LogP contribution >= 0.6 is 0 Å². The van der Waals surface area contributed by atoms with Crippen molar-refractivity contribution in [1.82, 2.24) is 20.1 Å². The van der Waals surface area contributed by atoms with E-state index >= 15 is 0 Å². The van der Waals surface area contributed by atoms with E-state index in [2.05, 4.69) is 29.3 Å². The highest BCUT2D eigenvalue weighted by Gasteiger charge is 2.25. The molecule has 2 amide bonds. The van der Waals surface area contributed by atoms with Crippen LogP contribution in [0.4, 0.5) is 4.79 Å². The zero-order valence-corrected chi connectivity index (χ0v) is 12.5. The highest BCUT2D eigenvalue weighted by atomic mass is 16.2. The molecule has 1 aliphatic rings. The smallest absolute Gasteiger partial charge is 0.317 e. The van der Waals surface area contributed by atoms with Gasteiger partial charge in [0.1, 0.15) is 0 Å². The fraction of sp³-hybridized carbons (Fsp3) is 0.600. The Morgan fingerprint density at radius 3 is 2.95 bits per heavy atom. The lowest BCUT2D eigenvalue weighted by atomic mass is 10.1. The van der Waals surface area contributed by atoms with Crippen LogP contribution < -0.4 is 5.32 Å². The van der Waals surface area contributed by atoms with Crippen molar-refractivity contribution in [3.63, 3.8) is 0 Å². The van der Waals surface area contributed by atoms with Crippen LogP contribution in [-0.4, -0.2) is 54.0 Å². The number of aromatic nitrogens is 1. The quantitative estimate of drug-likeness (QED) is 0.917. The Hall–Kier alpha value is -1.62. The van der Waals surface area contributed by atoms with Crippen molar-refractivity contribution in [2.45, 2.75) is 31.8 Å². The molecule has 110 valence electrons. The lowest BCUT2D eigenvalue weighted by Gasteiger charge is -2.36. The molecule has 2 heterocycles. The number of carbonyl (C=O) groups excluding carboxylic acids is 1. The normalized spacial score (nSPS) is 20.8. The Morgan fingerprint density at radius 2 is 2.30 bits per heavy atom. The van der Waals surface area contributed by atoms with Crippen molar-refractivity contribution in [3.05, 3.63) is 30.1 Å². The molecule has 20 heavy (non-hydrogen) atoms. The Kier molecular flexibility index (Phi) is 4.95. The van der Waals surface area contributed by atoms with Crippen LogP contribution in [-0.2, 0) is 0 Å². The fourth-order valence-electron chi connectivity index (χ4n) is 2.54. The number of nitrogens with one attached hydrogen (secondary N) is 1. The number of pyridine rings is 1. The fourth-order valence-corrected chi connectivity index (χ4v) is 2.54. The van der Waals surface area contributed by atoms with Crippen LogP contribution in [0.2, 0.25) is 0 Å². The monoisotopic (exact) mass is 276 g/mol. The van der Waals surface area contributed by atoms with E-state index in [1.54, 1.807) is 6.20 Å². The third-order valence-electron chi connectivity index (χ3n) is 3.89. The number of amides is 2. The third-order valence-corrected chi connectivity index (χ3v) is 3.89. The van der Waals surface area contributed by atoms with Gasteiger partial charge in [-0.2, -0.15) is 0 Å². The minimum absolute atomic E-state index is 0.00898. The molecule has 1 aliphatic heterocycles. The SMILES string of the molecule is C[C@H](NC(=O)N1CCC[C@H](N(C)C)C1)c1ccccn1. The predicted octanol–water partition coefficient (Wildman–Crippen LogP) is 1.88. The molecule has 2 atom stereocenters. The molecule has 0 radical (unpaired) electrons. The van der Waals surface area contributed by atoms with Crippen molar-refractivity contribution in [1.29, 1.82) is 0 Å². The van der Waals surface area contributed by atoms with Crippen LogP contribution in [0.3, 0.4) is 0 Å². The zero-order chi connectivity index (χ0) is 14.5. The number of hydrogen-bond acceptors (Lipinski definition) is 3. The summed E-state index contributed by atoms with van der Waals surface area (Å²) in [6, 6.07) is 6.15. The summed E-state index contributed by atoms with van der Waals surface area (Å²) in [4.78, 5) is 20.7. The van der Waals surface area contributed by atoms with Gasteiger partial charge in [0, 0.05) is 25.3 Å². The third kappa shape index (κ3) is 3.70. The van der Waals surface area contributed by atoms with Crippen LogP contribution in [0.1, 0.15) is 31.5 Å². The summed E-state index contributed by atoms with van der Waals surface area (Å²) < 4.78 is 0. The molecule has 0 saturated carbocycles. The first-order valence-electron chi connectivity index (χ1n) is 7.20. The molecule has 2 rings (SSSR count). The highest BCUT2D eigenvalue weighted by molar-refractivity contribution is 5.74. The van der Waals surface area contributed by atoms with Crippen LogP contribution in [0.25, 0.3) is 0 Å². The van der Waals surface area contributed by atoms with Gasteiger partial charge in [0.05, 0.1) is 11.7 Å². The Morgan fingerprint density at radius 1 is 1.50 bits per heavy atom. The van der Waals surface area contributed by atoms with Crippen molar-refractivity contribution in [3.8, 4) is 0 Å². The van der Waals surface area contributed by atoms with E-state index in [0.29, 0.717) is 6.04 Å². The van der Waals surface area contributed by atoms with Gasteiger partial charge < -0.3 is 15.1 Å². The molecule has 0 spiro atoms. The number of piperidine rings is 1. The molecule has 1 saturated heterocycles. The van der Waals surface area contributed by atoms with Crippen LogP contribution in [0.5, 0.6) is 0 Å². The van der Waals surface area contributed by atoms with Gasteiger partial charge in [0.15, 0.2) is 0 Å². The van der Waals surface area contributed by atoms with E-state index in [0.717, 1.165) is 31.6 Å². The first-order chi connectivity index (χ1) is 9.58. The molecule has 1 N–H and O–H groups in total. The number of likely N-dealkylation sites (tertiary alicyclic amines) is 1. The number of likely N-dealkylation sites (N-methyl/N-ethyl adjacent to an activating group) is 1. The predicted molar refractivity (Wildman–Crippen MR) is 79.5 cm³/mol. The van der Waals surface area contributed by atoms with E-state index in [1.807, 2.05) is 30.0 Å². The summed E-state index contributed by atoms with van der Waals surface area (Å²) in [5.41, 5.74) is 0.891. The topological polar surface area (TPSA) is 48.5 Å². The molecule has 0 aromatic carbocycles. The van der Waals surface area contributed by atoms with E-state index in [9.17, 15) is 4.79 Å². The molecule has 1 aromatic rings. The standard InChI is InChI=1S/C15H24N4O/c1-12(14-8-4-5-9-16-14)17-15(20)19-10-6-7-13(11-19)18(2)3/h4-5,8-9,12-13H,6-7,10-11H2,1-3H3,(H,17,20)/t12-,13-/m0/s1. The summed E-state index contributed by atoms with van der Waals surface area (Å²) >= 11 is 0. The lowest BCUT2D eigenvalue weighted by Crippen LogP contribution is -2.51. The summed E-state index contributed by atoms with van der Waals surface area (Å²) in [5.74, 6) is 0. The summed E-state index contributed by atoms with van der Waals surface area (Å²) in [6.07, 6.45) is 3.97. The molecule has 5 heteroatoms. The Labute approximate surface area is 121 Å². The maximum absolute atomic E-state index is 12.3. The molecular weight excluding hydrogens is 252 g/mol. The van der Waals surface area contributed by atoms with Crippen molar-refractivity contribution in [2.24, 2.45) is 0 Å². The second-order valence-corrected chi connectivity index (χ2v) is 5.63. The van der Waals surface area contributed by atoms with Crippen LogP contribution in [0.15, 0.2) is 24.4 Å². The molecular formula is C15H24N4O. The zero-order valence-electron chi connectivity index (χ0n) is 12.5. The Bertz CT molecular complexity index is 435. The number of nitrogens with zero attached hydrogens (tertiary/aromatic N) is 3. The summed E-state index contributed by atoms with van der Waals surface area (Å²) in [7, 11) is 4.14. The average Bonchev–Trinajstić information content (AvgIpc) is 2.48. The minimum Gasteiger partial charge on any atom is -0.330 e. The molecule has 0 unspecified atom stereocenters. The van der Waals surface area contributed by atoms with Crippen molar-refractivity contribution in [2.75, 3.05) is 27.2 Å². The van der Waals surface area contributed by atoms with Gasteiger partial charge in [-0.15, -0.1) is 0 Å². The highest BCUT2D eigenvalue weighted by Crippen LogP contribution is 2.15. The first-order valence-corrected chi connectivity index (χ1v) is 7.20. The van der Waals surface area contributed by atoms with Crippen molar-refractivity contribution < 1.29 is 4.79 Å². The molecule has 0 aliphatic carbocycles. The second kappa shape index (κ2) is 6.70. The van der Waals surface area contributed by atoms with Crippen LogP contribution in [0, 0.1) is 0 Å². The number of carbonyl (C=O) groups is 1. The summed E-state index contributed by atoms with van der Waals surface area (Å²) in [5, 5.41) is 3.03. The average molecular weight is 276 g/mol. The van der Waals surface area contributed by atoms with E-state index < -0.39 is 0 Å². The Balaban J connectivity index is 1.91. The van der Waals surface area contributed by atoms with Gasteiger partial charge in [-0.3, -0.25) is 4.98 Å². The van der Waals surface area contributed by atoms with Crippen molar-refractivity contribution >= 4 is 6.03 Å². The van der Waals surface area contributed by atoms with Gasteiger partial charge in [-0.05, 0) is 46.0 Å².